The molecule has 4 heteroatoms. The summed E-state index contributed by atoms with van der Waals surface area (Å²) in [6.45, 7) is 12.3. The summed E-state index contributed by atoms with van der Waals surface area (Å²) in [4.78, 5) is 5.51. The number of hydrogen-bond donors (Lipinski definition) is 1. The van der Waals surface area contributed by atoms with Gasteiger partial charge in [-0.2, -0.15) is 0 Å². The van der Waals surface area contributed by atoms with Crippen LogP contribution in [0.2, 0.25) is 0 Å². The van der Waals surface area contributed by atoms with Gasteiger partial charge in [-0.25, -0.2) is 0 Å². The lowest BCUT2D eigenvalue weighted by Crippen LogP contribution is -2.36. The monoisotopic (exact) mass is 310 g/mol. The van der Waals surface area contributed by atoms with Crippen molar-refractivity contribution in [3.63, 3.8) is 0 Å². The number of thiophene rings is 1. The molecule has 0 radical (unpaired) electrons. The topological polar surface area (TPSA) is 24.5 Å². The Hall–Kier alpha value is -0.420. The molecule has 21 heavy (non-hydrogen) atoms. The van der Waals surface area contributed by atoms with E-state index in [2.05, 4.69) is 37.1 Å². The Balaban J connectivity index is 1.82. The predicted octanol–water partition coefficient (Wildman–Crippen LogP) is 3.41. The van der Waals surface area contributed by atoms with Crippen molar-refractivity contribution in [3.05, 3.63) is 21.4 Å². The normalized spacial score (nSPS) is 17.8. The maximum atomic E-state index is 5.45. The van der Waals surface area contributed by atoms with E-state index in [0.29, 0.717) is 12.0 Å². The molecule has 1 saturated heterocycles. The average molecular weight is 311 g/mol. The molecular formula is C17H30N2OS. The highest BCUT2D eigenvalue weighted by Crippen LogP contribution is 2.24. The number of methoxy groups -OCH3 is 1. The third-order valence-electron chi connectivity index (χ3n) is 4.19. The Bertz CT molecular complexity index is 422. The van der Waals surface area contributed by atoms with E-state index in [1.807, 2.05) is 18.4 Å². The smallest absolute Gasteiger partial charge is 0.0595 e. The van der Waals surface area contributed by atoms with Crippen LogP contribution in [0, 0.1) is 12.8 Å². The molecule has 0 saturated carbocycles. The molecule has 3 nitrogen and oxygen atoms in total. The number of aryl methyl sites for hydroxylation is 1. The van der Waals surface area contributed by atoms with Gasteiger partial charge in [0.1, 0.15) is 0 Å². The summed E-state index contributed by atoms with van der Waals surface area (Å²) in [5.74, 6) is 0.715. The first-order valence-electron chi connectivity index (χ1n) is 8.12. The van der Waals surface area contributed by atoms with Crippen molar-refractivity contribution in [1.29, 1.82) is 0 Å². The van der Waals surface area contributed by atoms with Crippen molar-refractivity contribution in [2.75, 3.05) is 26.7 Å². The van der Waals surface area contributed by atoms with Crippen molar-refractivity contribution < 1.29 is 4.74 Å². The molecule has 1 fully saturated rings. The van der Waals surface area contributed by atoms with Gasteiger partial charge in [0.25, 0.3) is 0 Å². The van der Waals surface area contributed by atoms with Gasteiger partial charge in [-0.3, -0.25) is 4.90 Å². The second-order valence-corrected chi connectivity index (χ2v) is 7.87. The fourth-order valence-corrected chi connectivity index (χ4v) is 3.88. The largest absolute Gasteiger partial charge is 0.381 e. The van der Waals surface area contributed by atoms with Gasteiger partial charge in [-0.15, -0.1) is 11.3 Å². The van der Waals surface area contributed by atoms with Crippen LogP contribution in [-0.4, -0.2) is 37.7 Å². The van der Waals surface area contributed by atoms with Crippen LogP contribution in [0.4, 0.5) is 0 Å². The first kappa shape index (κ1) is 16.9. The Morgan fingerprint density at radius 2 is 2.10 bits per heavy atom. The molecule has 2 heterocycles. The van der Waals surface area contributed by atoms with Gasteiger partial charge in [-0.1, -0.05) is 13.8 Å². The average Bonchev–Trinajstić information content (AvgIpc) is 2.79. The fraction of sp³-hybridized carbons (Fsp3) is 0.765. The maximum Gasteiger partial charge on any atom is 0.0595 e. The molecule has 1 N–H and O–H groups in total. The van der Waals surface area contributed by atoms with Crippen molar-refractivity contribution in [3.8, 4) is 0 Å². The molecule has 0 spiro atoms. The van der Waals surface area contributed by atoms with Crippen LogP contribution in [0.3, 0.4) is 0 Å². The first-order valence-corrected chi connectivity index (χ1v) is 8.94. The Kier molecular flexibility index (Phi) is 6.68. The fourth-order valence-electron chi connectivity index (χ4n) is 2.86. The minimum absolute atomic E-state index is 0.473. The first-order chi connectivity index (χ1) is 10.1. The zero-order chi connectivity index (χ0) is 15.2. The quantitative estimate of drug-likeness (QED) is 0.835. The second kappa shape index (κ2) is 8.28. The van der Waals surface area contributed by atoms with Gasteiger partial charge >= 0.3 is 0 Å². The number of hydrogen-bond acceptors (Lipinski definition) is 4. The summed E-state index contributed by atoms with van der Waals surface area (Å²) in [6.07, 6.45) is 2.81. The van der Waals surface area contributed by atoms with Crippen molar-refractivity contribution >= 4 is 11.3 Å². The van der Waals surface area contributed by atoms with Crippen molar-refractivity contribution in [2.45, 2.75) is 52.8 Å². The Labute approximate surface area is 133 Å². The molecule has 2 rings (SSSR count). The molecule has 0 aliphatic carbocycles. The van der Waals surface area contributed by atoms with Crippen LogP contribution in [-0.2, 0) is 17.8 Å². The van der Waals surface area contributed by atoms with Crippen molar-refractivity contribution in [2.24, 2.45) is 5.92 Å². The highest BCUT2D eigenvalue weighted by atomic mass is 32.1. The third-order valence-corrected chi connectivity index (χ3v) is 5.28. The predicted molar refractivity (Wildman–Crippen MR) is 90.9 cm³/mol. The summed E-state index contributed by atoms with van der Waals surface area (Å²) in [7, 11) is 1.83. The van der Waals surface area contributed by atoms with E-state index in [1.165, 1.54) is 28.2 Å². The number of piperidine rings is 1. The van der Waals surface area contributed by atoms with E-state index >= 15 is 0 Å². The zero-order valence-electron chi connectivity index (χ0n) is 13.9. The number of likely N-dealkylation sites (tertiary alicyclic amines) is 1. The highest BCUT2D eigenvalue weighted by Gasteiger charge is 2.19. The minimum atomic E-state index is 0.473. The molecule has 1 aliphatic rings. The standard InChI is InChI=1S/C17H30N2OS/c1-13(2)10-18-11-17-9-15(14(3)21-17)12-19-7-5-16(20-4)6-8-19/h9,13,16,18H,5-8,10-12H2,1-4H3. The number of nitrogens with one attached hydrogen (secondary N) is 1. The van der Waals surface area contributed by atoms with Gasteiger partial charge in [0.15, 0.2) is 0 Å². The van der Waals surface area contributed by atoms with Gasteiger partial charge in [0.2, 0.25) is 0 Å². The van der Waals surface area contributed by atoms with Crippen LogP contribution < -0.4 is 5.32 Å². The van der Waals surface area contributed by atoms with E-state index in [0.717, 1.165) is 32.7 Å². The van der Waals surface area contributed by atoms with Gasteiger partial charge < -0.3 is 10.1 Å². The molecule has 120 valence electrons. The third kappa shape index (κ3) is 5.37. The Morgan fingerprint density at radius 3 is 2.71 bits per heavy atom. The molecule has 1 aromatic heterocycles. The molecular weight excluding hydrogens is 280 g/mol. The lowest BCUT2D eigenvalue weighted by atomic mass is 10.1. The van der Waals surface area contributed by atoms with Gasteiger partial charge in [0, 0.05) is 43.0 Å². The van der Waals surface area contributed by atoms with Crippen LogP contribution in [0.25, 0.3) is 0 Å². The summed E-state index contributed by atoms with van der Waals surface area (Å²) < 4.78 is 5.45. The zero-order valence-corrected chi connectivity index (χ0v) is 14.8. The number of rotatable bonds is 7. The number of nitrogens with zero attached hydrogens (tertiary/aromatic N) is 1. The summed E-state index contributed by atoms with van der Waals surface area (Å²) in [5, 5.41) is 3.54. The minimum Gasteiger partial charge on any atom is -0.381 e. The highest BCUT2D eigenvalue weighted by molar-refractivity contribution is 7.12. The van der Waals surface area contributed by atoms with Crippen LogP contribution >= 0.6 is 11.3 Å². The summed E-state index contributed by atoms with van der Waals surface area (Å²) in [6, 6.07) is 2.40. The molecule has 0 aromatic carbocycles. The van der Waals surface area contributed by atoms with E-state index in [4.69, 9.17) is 4.74 Å². The molecule has 0 amide bonds. The molecule has 0 atom stereocenters. The van der Waals surface area contributed by atoms with Gasteiger partial charge in [-0.05, 0) is 43.9 Å². The molecule has 1 aliphatic heterocycles. The lowest BCUT2D eigenvalue weighted by molar-refractivity contribution is 0.0388. The molecule has 0 unspecified atom stereocenters. The molecule has 1 aromatic rings. The summed E-state index contributed by atoms with van der Waals surface area (Å²) >= 11 is 1.95. The lowest BCUT2D eigenvalue weighted by Gasteiger charge is -2.31. The Morgan fingerprint density at radius 1 is 1.38 bits per heavy atom. The van der Waals surface area contributed by atoms with E-state index in [1.54, 1.807) is 0 Å². The van der Waals surface area contributed by atoms with Crippen LogP contribution in [0.15, 0.2) is 6.07 Å². The van der Waals surface area contributed by atoms with Gasteiger partial charge in [0.05, 0.1) is 6.10 Å². The van der Waals surface area contributed by atoms with E-state index in [-0.39, 0.29) is 0 Å². The SMILES string of the molecule is COC1CCN(Cc2cc(CNCC(C)C)sc2C)CC1. The van der Waals surface area contributed by atoms with E-state index in [9.17, 15) is 0 Å². The van der Waals surface area contributed by atoms with E-state index < -0.39 is 0 Å². The maximum absolute atomic E-state index is 5.45. The molecule has 0 bridgehead atoms. The summed E-state index contributed by atoms with van der Waals surface area (Å²) in [5.41, 5.74) is 1.51. The second-order valence-electron chi connectivity index (χ2n) is 6.53. The van der Waals surface area contributed by atoms with Crippen LogP contribution in [0.1, 0.15) is 42.0 Å². The number of ether oxygens (including phenoxy) is 1. The van der Waals surface area contributed by atoms with Crippen molar-refractivity contribution in [1.82, 2.24) is 10.2 Å². The van der Waals surface area contributed by atoms with Crippen LogP contribution in [0.5, 0.6) is 0 Å².